The average molecular weight is 610 g/mol. The molecule has 0 amide bonds. The number of carbonyl (C=O) groups excluding carboxylic acids is 1. The Morgan fingerprint density at radius 2 is 1.69 bits per heavy atom. The Morgan fingerprint density at radius 3 is 2.29 bits per heavy atom. The van der Waals surface area contributed by atoms with Gasteiger partial charge in [-0.1, -0.05) is 36.4 Å². The highest BCUT2D eigenvalue weighted by atomic mass is 32.2. The van der Waals surface area contributed by atoms with Crippen LogP contribution < -0.4 is 5.32 Å². The zero-order chi connectivity index (χ0) is 30.5. The first-order valence-electron chi connectivity index (χ1n) is 12.9. The van der Waals surface area contributed by atoms with Crippen molar-refractivity contribution in [2.45, 2.75) is 51.5 Å². The number of carboxylic acid groups (broad SMARTS) is 1. The topological polar surface area (TPSA) is 152 Å². The molecule has 4 aromatic rings. The summed E-state index contributed by atoms with van der Waals surface area (Å²) >= 11 is 1.51. The van der Waals surface area contributed by atoms with Gasteiger partial charge in [-0.15, -0.1) is 11.3 Å². The van der Waals surface area contributed by atoms with Crippen LogP contribution in [0.5, 0.6) is 0 Å². The van der Waals surface area contributed by atoms with Gasteiger partial charge in [0.05, 0.1) is 17.7 Å². The molecule has 0 fully saturated rings. The fraction of sp³-hybridized carbons (Fsp3) is 0.276. The van der Waals surface area contributed by atoms with E-state index in [1.807, 2.05) is 29.6 Å². The molecule has 0 aliphatic rings. The zero-order valence-electron chi connectivity index (χ0n) is 23.5. The zero-order valence-corrected chi connectivity index (χ0v) is 25.1. The molecule has 3 heterocycles. The van der Waals surface area contributed by atoms with Crippen LogP contribution in [-0.2, 0) is 37.4 Å². The van der Waals surface area contributed by atoms with Gasteiger partial charge in [0, 0.05) is 36.8 Å². The Morgan fingerprint density at radius 1 is 0.952 bits per heavy atom. The molecule has 1 atom stereocenters. The first-order valence-corrected chi connectivity index (χ1v) is 15.2. The van der Waals surface area contributed by atoms with Crippen LogP contribution in [0.15, 0.2) is 83.5 Å². The molecule has 2 N–H and O–H groups in total. The predicted octanol–water partition coefficient (Wildman–Crippen LogP) is 4.79. The Kier molecular flexibility index (Phi) is 9.04. The summed E-state index contributed by atoms with van der Waals surface area (Å²) in [5.41, 5.74) is -1.08. The van der Waals surface area contributed by atoms with Crippen LogP contribution in [0, 0.1) is 5.41 Å². The second-order valence-electron chi connectivity index (χ2n) is 10.6. The molecule has 1 aromatic carbocycles. The second-order valence-corrected chi connectivity index (χ2v) is 13.4. The largest absolute Gasteiger partial charge is 0.477 e. The van der Waals surface area contributed by atoms with Crippen LogP contribution in [0.1, 0.15) is 39.0 Å². The number of aromatic nitrogens is 3. The maximum absolute atomic E-state index is 13.7. The van der Waals surface area contributed by atoms with Gasteiger partial charge in [-0.25, -0.2) is 28.2 Å². The molecule has 220 valence electrons. The van der Waals surface area contributed by atoms with Gasteiger partial charge in [0.2, 0.25) is 0 Å². The van der Waals surface area contributed by atoms with Crippen molar-refractivity contribution in [2.24, 2.45) is 5.41 Å². The minimum Gasteiger partial charge on any atom is -0.477 e. The smallest absolute Gasteiger partial charge is 0.369 e. The average Bonchev–Trinajstić information content (AvgIpc) is 3.48. The highest BCUT2D eigenvalue weighted by molar-refractivity contribution is 7.89. The minimum absolute atomic E-state index is 0.0203. The van der Waals surface area contributed by atoms with E-state index in [1.54, 1.807) is 51.2 Å². The van der Waals surface area contributed by atoms with Crippen LogP contribution in [0.25, 0.3) is 10.6 Å². The standard InChI is InChI=1S/C29H31N5O6S2/c1-28(2,3)27(37)40-29(4,26(35)36)33-23-9-7-8-22(32-23)19-34(42(38,39)24-10-5-6-15-30-24)18-20-11-13-21(14-12-20)25-31-16-17-41-25/h5-17H,18-19H2,1-4H3,(H,32,33)(H,35,36). The predicted molar refractivity (Wildman–Crippen MR) is 158 cm³/mol. The number of hydrogen-bond donors (Lipinski definition) is 2. The number of nitrogens with zero attached hydrogens (tertiary/aromatic N) is 4. The molecule has 42 heavy (non-hydrogen) atoms. The van der Waals surface area contributed by atoms with Crippen LogP contribution in [-0.4, -0.2) is 50.4 Å². The van der Waals surface area contributed by atoms with Crippen molar-refractivity contribution in [1.29, 1.82) is 0 Å². The summed E-state index contributed by atoms with van der Waals surface area (Å²) in [6.45, 7) is 5.92. The lowest BCUT2D eigenvalue weighted by Gasteiger charge is -2.30. The quantitative estimate of drug-likeness (QED) is 0.179. The molecule has 0 saturated heterocycles. The molecular weight excluding hydrogens is 578 g/mol. The van der Waals surface area contributed by atoms with Crippen molar-refractivity contribution in [1.82, 2.24) is 19.3 Å². The number of thiazole rings is 1. The van der Waals surface area contributed by atoms with E-state index in [0.717, 1.165) is 16.1 Å². The number of nitrogens with one attached hydrogen (secondary N) is 1. The number of aliphatic carboxylic acids is 1. The summed E-state index contributed by atoms with van der Waals surface area (Å²) in [5, 5.41) is 15.1. The molecular formula is C29H31N5O6S2. The lowest BCUT2D eigenvalue weighted by molar-refractivity contribution is -0.179. The molecule has 0 bridgehead atoms. The second kappa shape index (κ2) is 12.3. The van der Waals surface area contributed by atoms with E-state index in [-0.39, 0.29) is 23.9 Å². The number of carbonyl (C=O) groups is 2. The van der Waals surface area contributed by atoms with Crippen LogP contribution >= 0.6 is 11.3 Å². The van der Waals surface area contributed by atoms with Crippen molar-refractivity contribution in [3.05, 3.63) is 89.7 Å². The first kappa shape index (κ1) is 30.8. The normalized spacial score (nSPS) is 13.4. The van der Waals surface area contributed by atoms with E-state index in [1.165, 1.54) is 40.9 Å². The van der Waals surface area contributed by atoms with Crippen LogP contribution in [0.2, 0.25) is 0 Å². The summed E-state index contributed by atoms with van der Waals surface area (Å²) in [6, 6.07) is 16.8. The molecule has 0 spiro atoms. The van der Waals surface area contributed by atoms with E-state index in [0.29, 0.717) is 5.69 Å². The molecule has 1 unspecified atom stereocenters. The summed E-state index contributed by atoms with van der Waals surface area (Å²) < 4.78 is 33.9. The number of pyridine rings is 2. The number of benzene rings is 1. The molecule has 0 radical (unpaired) electrons. The third-order valence-electron chi connectivity index (χ3n) is 6.06. The Labute approximate surface area is 248 Å². The highest BCUT2D eigenvalue weighted by Crippen LogP contribution is 2.26. The number of esters is 1. The maximum atomic E-state index is 13.7. The summed E-state index contributed by atoms with van der Waals surface area (Å²) in [6.07, 6.45) is 3.13. The van der Waals surface area contributed by atoms with Gasteiger partial charge in [-0.3, -0.25) is 4.79 Å². The van der Waals surface area contributed by atoms with Gasteiger partial charge in [-0.2, -0.15) is 4.31 Å². The van der Waals surface area contributed by atoms with Crippen molar-refractivity contribution < 1.29 is 27.9 Å². The van der Waals surface area contributed by atoms with Gasteiger partial charge < -0.3 is 15.2 Å². The SMILES string of the molecule is CC(C)(C)C(=O)OC(C)(Nc1cccc(CN(Cc2ccc(-c3nccs3)cc2)S(=O)(=O)c2ccccn2)n1)C(=O)O. The maximum Gasteiger partial charge on any atom is 0.369 e. The molecule has 0 aliphatic heterocycles. The van der Waals surface area contributed by atoms with Gasteiger partial charge in [0.15, 0.2) is 5.03 Å². The van der Waals surface area contributed by atoms with Crippen LogP contribution in [0.3, 0.4) is 0 Å². The van der Waals surface area contributed by atoms with Crippen molar-refractivity contribution in [3.63, 3.8) is 0 Å². The number of rotatable bonds is 11. The number of sulfonamides is 1. The van der Waals surface area contributed by atoms with E-state index in [9.17, 15) is 23.1 Å². The summed E-state index contributed by atoms with van der Waals surface area (Å²) in [7, 11) is -4.06. The van der Waals surface area contributed by atoms with E-state index >= 15 is 0 Å². The number of hydrogen-bond acceptors (Lipinski definition) is 10. The molecule has 4 rings (SSSR count). The van der Waals surface area contributed by atoms with Crippen molar-refractivity contribution >= 4 is 39.1 Å². The summed E-state index contributed by atoms with van der Waals surface area (Å²) in [5.74, 6) is -2.06. The van der Waals surface area contributed by atoms with Crippen molar-refractivity contribution in [2.75, 3.05) is 5.32 Å². The number of anilines is 1. The van der Waals surface area contributed by atoms with E-state index in [4.69, 9.17) is 4.74 Å². The molecule has 0 saturated carbocycles. The van der Waals surface area contributed by atoms with E-state index in [2.05, 4.69) is 20.3 Å². The molecule has 11 nitrogen and oxygen atoms in total. The Hall–Kier alpha value is -4.20. The van der Waals surface area contributed by atoms with Crippen molar-refractivity contribution in [3.8, 4) is 10.6 Å². The van der Waals surface area contributed by atoms with Crippen LogP contribution in [0.4, 0.5) is 5.82 Å². The highest BCUT2D eigenvalue weighted by Gasteiger charge is 2.41. The lowest BCUT2D eigenvalue weighted by Crippen LogP contribution is -2.49. The molecule has 13 heteroatoms. The lowest BCUT2D eigenvalue weighted by atomic mass is 9.97. The fourth-order valence-corrected chi connectivity index (χ4v) is 5.68. The summed E-state index contributed by atoms with van der Waals surface area (Å²) in [4.78, 5) is 37.4. The number of ether oxygens (including phenoxy) is 1. The molecule has 3 aromatic heterocycles. The van der Waals surface area contributed by atoms with Gasteiger partial charge in [0.1, 0.15) is 10.8 Å². The Balaban J connectivity index is 1.62. The minimum atomic E-state index is -4.06. The first-order chi connectivity index (χ1) is 19.8. The third-order valence-corrected chi connectivity index (χ3v) is 8.59. The van der Waals surface area contributed by atoms with Gasteiger partial charge >= 0.3 is 11.9 Å². The fourth-order valence-electron chi connectivity index (χ4n) is 3.70. The number of carboxylic acids is 1. The Bertz CT molecular complexity index is 1640. The van der Waals surface area contributed by atoms with E-state index < -0.39 is 33.1 Å². The third kappa shape index (κ3) is 7.35. The monoisotopic (exact) mass is 609 g/mol. The molecule has 0 aliphatic carbocycles. The van der Waals surface area contributed by atoms with Gasteiger partial charge in [-0.05, 0) is 50.6 Å². The van der Waals surface area contributed by atoms with Gasteiger partial charge in [0.25, 0.3) is 15.7 Å².